The summed E-state index contributed by atoms with van der Waals surface area (Å²) in [6, 6.07) is 7.15. The van der Waals surface area contributed by atoms with Gasteiger partial charge in [0, 0.05) is 0 Å². The van der Waals surface area contributed by atoms with Crippen LogP contribution in [0.4, 0.5) is 0 Å². The van der Waals surface area contributed by atoms with E-state index in [1.54, 1.807) is 12.1 Å². The molecule has 1 fully saturated rings. The predicted molar refractivity (Wildman–Crippen MR) is 69.7 cm³/mol. The van der Waals surface area contributed by atoms with Gasteiger partial charge in [0.25, 0.3) is 0 Å². The number of hydrogen-bond acceptors (Lipinski definition) is 2. The van der Waals surface area contributed by atoms with Crippen molar-refractivity contribution >= 4 is 9.84 Å². The second kappa shape index (κ2) is 4.81. The van der Waals surface area contributed by atoms with Gasteiger partial charge in [-0.2, -0.15) is 0 Å². The molecule has 0 spiro atoms. The lowest BCUT2D eigenvalue weighted by molar-refractivity contribution is 0.585. The molecule has 0 aliphatic heterocycles. The lowest BCUT2D eigenvalue weighted by Gasteiger charge is -2.04. The van der Waals surface area contributed by atoms with Gasteiger partial charge in [0.15, 0.2) is 9.84 Å². The first-order chi connectivity index (χ1) is 8.03. The van der Waals surface area contributed by atoms with E-state index < -0.39 is 9.84 Å². The summed E-state index contributed by atoms with van der Waals surface area (Å²) in [6.07, 6.45) is 3.24. The zero-order valence-electron chi connectivity index (χ0n) is 10.5. The molecule has 0 heterocycles. The Labute approximate surface area is 104 Å². The Morgan fingerprint density at radius 3 is 2.35 bits per heavy atom. The third-order valence-corrected chi connectivity index (χ3v) is 5.49. The Morgan fingerprint density at radius 2 is 1.82 bits per heavy atom. The highest BCUT2D eigenvalue weighted by Gasteiger charge is 2.35. The van der Waals surface area contributed by atoms with Crippen molar-refractivity contribution in [1.29, 1.82) is 0 Å². The van der Waals surface area contributed by atoms with Crippen LogP contribution >= 0.6 is 0 Å². The number of aryl methyl sites for hydroxylation is 1. The highest BCUT2D eigenvalue weighted by molar-refractivity contribution is 7.91. The summed E-state index contributed by atoms with van der Waals surface area (Å²) in [6.45, 7) is 4.14. The van der Waals surface area contributed by atoms with Gasteiger partial charge < -0.3 is 0 Å². The molecule has 1 aliphatic carbocycles. The summed E-state index contributed by atoms with van der Waals surface area (Å²) in [4.78, 5) is 0.469. The minimum absolute atomic E-state index is 0.303. The van der Waals surface area contributed by atoms with Crippen LogP contribution in [-0.2, 0) is 9.84 Å². The topological polar surface area (TPSA) is 34.1 Å². The molecular formula is C14H20O2S. The molecule has 1 aliphatic rings. The van der Waals surface area contributed by atoms with Crippen molar-refractivity contribution in [2.75, 3.05) is 5.75 Å². The third kappa shape index (κ3) is 3.09. The van der Waals surface area contributed by atoms with Crippen LogP contribution in [0.5, 0.6) is 0 Å². The van der Waals surface area contributed by atoms with Gasteiger partial charge in [-0.3, -0.25) is 0 Å². The molecule has 1 unspecified atom stereocenters. The van der Waals surface area contributed by atoms with E-state index in [1.165, 1.54) is 12.8 Å². The highest BCUT2D eigenvalue weighted by atomic mass is 32.2. The van der Waals surface area contributed by atoms with Crippen LogP contribution in [0.25, 0.3) is 0 Å². The SMILES string of the molecule is CC[C@H]1CC1CCS(=O)(=O)c1ccc(C)cc1. The van der Waals surface area contributed by atoms with Gasteiger partial charge in [0.2, 0.25) is 0 Å². The van der Waals surface area contributed by atoms with E-state index in [9.17, 15) is 8.42 Å². The minimum Gasteiger partial charge on any atom is -0.224 e. The molecule has 1 aromatic rings. The minimum atomic E-state index is -3.06. The van der Waals surface area contributed by atoms with Crippen LogP contribution in [-0.4, -0.2) is 14.2 Å². The van der Waals surface area contributed by atoms with Crippen LogP contribution in [0, 0.1) is 18.8 Å². The third-order valence-electron chi connectivity index (χ3n) is 3.73. The van der Waals surface area contributed by atoms with Gasteiger partial charge in [-0.25, -0.2) is 8.42 Å². The zero-order valence-corrected chi connectivity index (χ0v) is 11.3. The van der Waals surface area contributed by atoms with Gasteiger partial charge in [-0.1, -0.05) is 31.0 Å². The number of sulfone groups is 1. The lowest BCUT2D eigenvalue weighted by atomic mass is 10.2. The Balaban J connectivity index is 1.97. The summed E-state index contributed by atoms with van der Waals surface area (Å²) in [7, 11) is -3.06. The van der Waals surface area contributed by atoms with Crippen LogP contribution in [0.1, 0.15) is 31.7 Å². The molecule has 0 bridgehead atoms. The van der Waals surface area contributed by atoms with E-state index in [0.29, 0.717) is 16.6 Å². The molecule has 1 saturated carbocycles. The van der Waals surface area contributed by atoms with Gasteiger partial charge >= 0.3 is 0 Å². The molecule has 0 amide bonds. The van der Waals surface area contributed by atoms with E-state index in [0.717, 1.165) is 17.9 Å². The maximum absolute atomic E-state index is 12.1. The molecule has 0 aromatic heterocycles. The van der Waals surface area contributed by atoms with E-state index in [4.69, 9.17) is 0 Å². The molecule has 0 saturated heterocycles. The fourth-order valence-corrected chi connectivity index (χ4v) is 3.73. The first kappa shape index (κ1) is 12.6. The summed E-state index contributed by atoms with van der Waals surface area (Å²) in [5, 5.41) is 0. The van der Waals surface area contributed by atoms with E-state index in [2.05, 4.69) is 6.92 Å². The standard InChI is InChI=1S/C14H20O2S/c1-3-12-10-13(12)8-9-17(15,16)14-6-4-11(2)5-7-14/h4-7,12-13H,3,8-10H2,1-2H3/t12-,13?/m0/s1. The normalized spacial score (nSPS) is 23.6. The van der Waals surface area contributed by atoms with Crippen molar-refractivity contribution < 1.29 is 8.42 Å². The molecule has 0 radical (unpaired) electrons. The summed E-state index contributed by atoms with van der Waals surface area (Å²) in [5.74, 6) is 1.74. The quantitative estimate of drug-likeness (QED) is 0.806. The van der Waals surface area contributed by atoms with Crippen molar-refractivity contribution in [3.8, 4) is 0 Å². The summed E-state index contributed by atoms with van der Waals surface area (Å²) in [5.41, 5.74) is 1.09. The average Bonchev–Trinajstić information content (AvgIpc) is 3.06. The maximum atomic E-state index is 12.1. The van der Waals surface area contributed by atoms with E-state index in [1.807, 2.05) is 19.1 Å². The molecule has 1 aromatic carbocycles. The molecule has 2 atom stereocenters. The van der Waals surface area contributed by atoms with Gasteiger partial charge in [-0.15, -0.1) is 0 Å². The Bertz CT molecular complexity index is 473. The van der Waals surface area contributed by atoms with Crippen molar-refractivity contribution in [1.82, 2.24) is 0 Å². The second-order valence-corrected chi connectivity index (χ2v) is 7.19. The average molecular weight is 252 g/mol. The smallest absolute Gasteiger partial charge is 0.178 e. The van der Waals surface area contributed by atoms with Crippen LogP contribution in [0.15, 0.2) is 29.2 Å². The highest BCUT2D eigenvalue weighted by Crippen LogP contribution is 2.43. The van der Waals surface area contributed by atoms with Crippen molar-refractivity contribution in [2.45, 2.75) is 38.0 Å². The van der Waals surface area contributed by atoms with Gasteiger partial charge in [0.1, 0.15) is 0 Å². The van der Waals surface area contributed by atoms with Gasteiger partial charge in [-0.05, 0) is 43.7 Å². The first-order valence-electron chi connectivity index (χ1n) is 6.32. The Hall–Kier alpha value is -0.830. The Morgan fingerprint density at radius 1 is 1.18 bits per heavy atom. The molecule has 17 heavy (non-hydrogen) atoms. The molecule has 94 valence electrons. The van der Waals surface area contributed by atoms with Crippen LogP contribution < -0.4 is 0 Å². The van der Waals surface area contributed by atoms with Crippen LogP contribution in [0.2, 0.25) is 0 Å². The fraction of sp³-hybridized carbons (Fsp3) is 0.571. The summed E-state index contributed by atoms with van der Waals surface area (Å²) >= 11 is 0. The number of benzene rings is 1. The zero-order chi connectivity index (χ0) is 12.5. The maximum Gasteiger partial charge on any atom is 0.178 e. The number of hydrogen-bond donors (Lipinski definition) is 0. The Kier molecular flexibility index (Phi) is 3.57. The molecule has 3 heteroatoms. The molecular weight excluding hydrogens is 232 g/mol. The molecule has 0 N–H and O–H groups in total. The van der Waals surface area contributed by atoms with Gasteiger partial charge in [0.05, 0.1) is 10.6 Å². The van der Waals surface area contributed by atoms with Crippen molar-refractivity contribution in [3.63, 3.8) is 0 Å². The fourth-order valence-electron chi connectivity index (χ4n) is 2.33. The summed E-state index contributed by atoms with van der Waals surface area (Å²) < 4.78 is 24.1. The lowest BCUT2D eigenvalue weighted by Crippen LogP contribution is -2.07. The molecule has 2 nitrogen and oxygen atoms in total. The first-order valence-corrected chi connectivity index (χ1v) is 7.97. The predicted octanol–water partition coefficient (Wildman–Crippen LogP) is 3.20. The molecule has 2 rings (SSSR count). The van der Waals surface area contributed by atoms with Crippen LogP contribution in [0.3, 0.4) is 0 Å². The monoisotopic (exact) mass is 252 g/mol. The second-order valence-electron chi connectivity index (χ2n) is 5.08. The van der Waals surface area contributed by atoms with E-state index >= 15 is 0 Å². The van der Waals surface area contributed by atoms with E-state index in [-0.39, 0.29) is 0 Å². The largest absolute Gasteiger partial charge is 0.224 e. The van der Waals surface area contributed by atoms with Crippen molar-refractivity contribution in [3.05, 3.63) is 29.8 Å². The number of rotatable bonds is 5. The van der Waals surface area contributed by atoms with Crippen molar-refractivity contribution in [2.24, 2.45) is 11.8 Å².